The Kier molecular flexibility index (Phi) is 6.68. The second kappa shape index (κ2) is 10.0. The van der Waals surface area contributed by atoms with Crippen molar-refractivity contribution in [3.05, 3.63) is 84.0 Å². The van der Waals surface area contributed by atoms with Crippen molar-refractivity contribution >= 4 is 11.8 Å². The molecule has 0 aliphatic carbocycles. The van der Waals surface area contributed by atoms with Gasteiger partial charge in [-0.2, -0.15) is 0 Å². The largest absolute Gasteiger partial charge is 0.364 e. The van der Waals surface area contributed by atoms with Gasteiger partial charge in [-0.05, 0) is 55.0 Å². The number of morpholine rings is 1. The summed E-state index contributed by atoms with van der Waals surface area (Å²) in [4.78, 5) is 29.3. The SMILES string of the molecule is CC(c1ccccc1-c1ccc(F)cc1)N1C=CCCC=C1C(=O)N1CCC2NC(=O)COC2C1. The van der Waals surface area contributed by atoms with Gasteiger partial charge >= 0.3 is 0 Å². The van der Waals surface area contributed by atoms with Crippen molar-refractivity contribution in [2.75, 3.05) is 19.7 Å². The molecule has 0 spiro atoms. The van der Waals surface area contributed by atoms with Crippen molar-refractivity contribution in [1.82, 2.24) is 15.1 Å². The maximum atomic E-state index is 13.8. The Labute approximate surface area is 205 Å². The Morgan fingerprint density at radius 2 is 1.94 bits per heavy atom. The number of benzene rings is 2. The number of carbonyl (C=O) groups is 2. The van der Waals surface area contributed by atoms with E-state index in [4.69, 9.17) is 4.74 Å². The number of amides is 2. The average Bonchev–Trinajstić information content (AvgIpc) is 3.14. The van der Waals surface area contributed by atoms with E-state index in [1.165, 1.54) is 12.1 Å². The molecule has 2 aromatic rings. The van der Waals surface area contributed by atoms with E-state index in [1.54, 1.807) is 12.1 Å². The van der Waals surface area contributed by atoms with Gasteiger partial charge in [-0.25, -0.2) is 4.39 Å². The van der Waals surface area contributed by atoms with Crippen molar-refractivity contribution in [1.29, 1.82) is 0 Å². The fourth-order valence-corrected chi connectivity index (χ4v) is 5.16. The third kappa shape index (κ3) is 4.86. The molecule has 3 atom stereocenters. The summed E-state index contributed by atoms with van der Waals surface area (Å²) in [6, 6.07) is 14.4. The van der Waals surface area contributed by atoms with Crippen LogP contribution in [0.2, 0.25) is 0 Å². The zero-order valence-electron chi connectivity index (χ0n) is 19.8. The molecule has 0 bridgehead atoms. The van der Waals surface area contributed by atoms with Crippen LogP contribution < -0.4 is 5.32 Å². The topological polar surface area (TPSA) is 61.9 Å². The van der Waals surface area contributed by atoms with E-state index in [0.29, 0.717) is 25.2 Å². The number of likely N-dealkylation sites (tertiary alicyclic amines) is 1. The molecule has 0 saturated carbocycles. The maximum absolute atomic E-state index is 13.8. The summed E-state index contributed by atoms with van der Waals surface area (Å²) in [7, 11) is 0. The zero-order valence-corrected chi connectivity index (χ0v) is 19.8. The Morgan fingerprint density at radius 3 is 2.77 bits per heavy atom. The molecule has 2 fully saturated rings. The minimum absolute atomic E-state index is 0.0263. The van der Waals surface area contributed by atoms with Gasteiger partial charge in [0.2, 0.25) is 5.91 Å². The van der Waals surface area contributed by atoms with Crippen LogP contribution in [0.5, 0.6) is 0 Å². The molecule has 182 valence electrons. The number of carbonyl (C=O) groups excluding carboxylic acids is 2. The van der Waals surface area contributed by atoms with Crippen molar-refractivity contribution in [2.45, 2.75) is 44.4 Å². The standard InChI is InChI=1S/C28H30FN3O3/c1-19(22-7-4-5-8-23(22)20-10-12-21(29)13-11-20)32-15-6-2-3-9-25(32)28(34)31-16-14-24-26(17-31)35-18-27(33)30-24/h4-13,15,19,24,26H,2-3,14,16-18H2,1H3,(H,30,33). The van der Waals surface area contributed by atoms with Crippen molar-refractivity contribution < 1.29 is 18.7 Å². The highest BCUT2D eigenvalue weighted by atomic mass is 19.1. The highest BCUT2D eigenvalue weighted by molar-refractivity contribution is 5.93. The van der Waals surface area contributed by atoms with Crippen LogP contribution in [-0.4, -0.2) is 53.5 Å². The lowest BCUT2D eigenvalue weighted by molar-refractivity contribution is -0.145. The molecule has 7 heteroatoms. The highest BCUT2D eigenvalue weighted by Crippen LogP contribution is 2.35. The number of nitrogens with zero attached hydrogens (tertiary/aromatic N) is 2. The van der Waals surface area contributed by atoms with Gasteiger partial charge in [0, 0.05) is 19.3 Å². The predicted molar refractivity (Wildman–Crippen MR) is 131 cm³/mol. The van der Waals surface area contributed by atoms with Gasteiger partial charge in [-0.3, -0.25) is 9.59 Å². The van der Waals surface area contributed by atoms with Crippen LogP contribution in [0.4, 0.5) is 4.39 Å². The average molecular weight is 476 g/mol. The molecule has 2 aromatic carbocycles. The molecule has 3 aliphatic rings. The molecule has 6 nitrogen and oxygen atoms in total. The number of hydrogen-bond donors (Lipinski definition) is 1. The number of halogens is 1. The third-order valence-electron chi connectivity index (χ3n) is 7.04. The highest BCUT2D eigenvalue weighted by Gasteiger charge is 2.38. The first-order valence-electron chi connectivity index (χ1n) is 12.2. The number of piperidine rings is 1. The van der Waals surface area contributed by atoms with Crippen molar-refractivity contribution in [3.8, 4) is 11.1 Å². The quantitative estimate of drug-likeness (QED) is 0.721. The lowest BCUT2D eigenvalue weighted by atomic mass is 9.94. The summed E-state index contributed by atoms with van der Waals surface area (Å²) in [5.74, 6) is -0.389. The summed E-state index contributed by atoms with van der Waals surface area (Å²) in [6.07, 6.45) is 8.26. The molecule has 0 radical (unpaired) electrons. The van der Waals surface area contributed by atoms with Gasteiger partial charge in [0.1, 0.15) is 18.1 Å². The molecule has 5 rings (SSSR count). The first-order valence-corrected chi connectivity index (χ1v) is 12.2. The second-order valence-electron chi connectivity index (χ2n) is 9.29. The van der Waals surface area contributed by atoms with Crippen molar-refractivity contribution in [3.63, 3.8) is 0 Å². The first-order chi connectivity index (χ1) is 17.0. The molecule has 0 aromatic heterocycles. The second-order valence-corrected chi connectivity index (χ2v) is 9.29. The van der Waals surface area contributed by atoms with Crippen LogP contribution in [0.25, 0.3) is 11.1 Å². The fourth-order valence-electron chi connectivity index (χ4n) is 5.16. The summed E-state index contributed by atoms with van der Waals surface area (Å²) < 4.78 is 19.3. The van der Waals surface area contributed by atoms with Gasteiger partial charge in [0.15, 0.2) is 0 Å². The Bertz CT molecular complexity index is 1160. The first kappa shape index (κ1) is 23.3. The summed E-state index contributed by atoms with van der Waals surface area (Å²) in [5.41, 5.74) is 3.65. The van der Waals surface area contributed by atoms with E-state index < -0.39 is 0 Å². The van der Waals surface area contributed by atoms with Crippen LogP contribution in [0.15, 0.2) is 72.6 Å². The number of hydrogen-bond acceptors (Lipinski definition) is 4. The minimum atomic E-state index is -0.268. The van der Waals surface area contributed by atoms with Gasteiger partial charge in [0.25, 0.3) is 5.91 Å². The third-order valence-corrected chi connectivity index (χ3v) is 7.04. The van der Waals surface area contributed by atoms with Gasteiger partial charge in [0.05, 0.1) is 18.2 Å². The normalized spacial score (nSPS) is 23.1. The van der Waals surface area contributed by atoms with E-state index in [9.17, 15) is 14.0 Å². The lowest BCUT2D eigenvalue weighted by Crippen LogP contribution is -2.60. The molecular weight excluding hydrogens is 445 g/mol. The minimum Gasteiger partial charge on any atom is -0.364 e. The summed E-state index contributed by atoms with van der Waals surface area (Å²) >= 11 is 0. The summed E-state index contributed by atoms with van der Waals surface area (Å²) in [6.45, 7) is 3.15. The van der Waals surface area contributed by atoms with E-state index in [0.717, 1.165) is 29.5 Å². The number of ether oxygens (including phenoxy) is 1. The molecule has 3 unspecified atom stereocenters. The smallest absolute Gasteiger partial charge is 0.270 e. The van der Waals surface area contributed by atoms with E-state index in [2.05, 4.69) is 24.4 Å². The molecular formula is C28H30FN3O3. The maximum Gasteiger partial charge on any atom is 0.270 e. The summed E-state index contributed by atoms with van der Waals surface area (Å²) in [5, 5.41) is 2.98. The van der Waals surface area contributed by atoms with Crippen molar-refractivity contribution in [2.24, 2.45) is 0 Å². The number of rotatable bonds is 4. The van der Waals surface area contributed by atoms with E-state index in [-0.39, 0.29) is 42.4 Å². The van der Waals surface area contributed by atoms with E-state index in [1.807, 2.05) is 40.3 Å². The van der Waals surface area contributed by atoms with E-state index >= 15 is 0 Å². The van der Waals surface area contributed by atoms with Crippen LogP contribution in [0.1, 0.15) is 37.8 Å². The van der Waals surface area contributed by atoms with Gasteiger partial charge in [-0.15, -0.1) is 0 Å². The number of nitrogens with one attached hydrogen (secondary N) is 1. The molecule has 35 heavy (non-hydrogen) atoms. The van der Waals surface area contributed by atoms with Crippen LogP contribution >= 0.6 is 0 Å². The Balaban J connectivity index is 1.41. The molecule has 1 N–H and O–H groups in total. The molecule has 3 aliphatic heterocycles. The fraction of sp³-hybridized carbons (Fsp3) is 0.357. The predicted octanol–water partition coefficient (Wildman–Crippen LogP) is 4.16. The lowest BCUT2D eigenvalue weighted by Gasteiger charge is -2.42. The zero-order chi connectivity index (χ0) is 24.4. The monoisotopic (exact) mass is 475 g/mol. The Morgan fingerprint density at radius 1 is 1.14 bits per heavy atom. The number of allylic oxidation sites excluding steroid dienone is 2. The Hall–Kier alpha value is -3.45. The van der Waals surface area contributed by atoms with Crippen LogP contribution in [0.3, 0.4) is 0 Å². The molecule has 2 saturated heterocycles. The van der Waals surface area contributed by atoms with Crippen LogP contribution in [-0.2, 0) is 14.3 Å². The van der Waals surface area contributed by atoms with Crippen LogP contribution in [0, 0.1) is 5.82 Å². The van der Waals surface area contributed by atoms with Gasteiger partial charge in [-0.1, -0.05) is 48.6 Å². The molecule has 2 amide bonds. The number of fused-ring (bicyclic) bond motifs is 1. The molecule has 3 heterocycles. The van der Waals surface area contributed by atoms with Gasteiger partial charge < -0.3 is 19.9 Å².